The van der Waals surface area contributed by atoms with E-state index in [1.54, 1.807) is 6.07 Å². The van der Waals surface area contributed by atoms with Gasteiger partial charge in [0.25, 0.3) is 6.43 Å². The lowest BCUT2D eigenvalue weighted by molar-refractivity contribution is 0.0682. The molecule has 0 amide bonds. The van der Waals surface area contributed by atoms with E-state index in [1.165, 1.54) is 0 Å². The van der Waals surface area contributed by atoms with Gasteiger partial charge in [0.05, 0.1) is 11.1 Å². The Labute approximate surface area is 89.1 Å². The minimum atomic E-state index is -2.98. The molecule has 0 saturated carbocycles. The minimum Gasteiger partial charge on any atom is -0.478 e. The molecule has 0 bridgehead atoms. The van der Waals surface area contributed by atoms with E-state index in [0.29, 0.717) is 6.20 Å². The van der Waals surface area contributed by atoms with Crippen LogP contribution in [0.5, 0.6) is 0 Å². The highest BCUT2D eigenvalue weighted by molar-refractivity contribution is 5.91. The van der Waals surface area contributed by atoms with Crippen LogP contribution in [0.15, 0.2) is 6.20 Å². The van der Waals surface area contributed by atoms with Crippen molar-refractivity contribution in [3.8, 4) is 6.07 Å². The van der Waals surface area contributed by atoms with Crippen molar-refractivity contribution in [2.24, 2.45) is 5.73 Å². The number of nitrogens with two attached hydrogens (primary N) is 1. The maximum Gasteiger partial charge on any atom is 0.336 e. The molecule has 0 aliphatic carbocycles. The van der Waals surface area contributed by atoms with Crippen LogP contribution in [0.4, 0.5) is 8.78 Å². The van der Waals surface area contributed by atoms with E-state index in [4.69, 9.17) is 16.1 Å². The Morgan fingerprint density at radius 3 is 2.69 bits per heavy atom. The third-order valence-electron chi connectivity index (χ3n) is 1.97. The van der Waals surface area contributed by atoms with Crippen molar-refractivity contribution in [2.75, 3.05) is 0 Å². The fraction of sp³-hybridized carbons (Fsp3) is 0.222. The zero-order valence-corrected chi connectivity index (χ0v) is 7.94. The summed E-state index contributed by atoms with van der Waals surface area (Å²) in [5, 5.41) is 17.5. The second-order valence-corrected chi connectivity index (χ2v) is 2.84. The Kier molecular flexibility index (Phi) is 3.48. The fourth-order valence-corrected chi connectivity index (χ4v) is 1.28. The van der Waals surface area contributed by atoms with E-state index in [0.717, 1.165) is 0 Å². The van der Waals surface area contributed by atoms with Gasteiger partial charge in [-0.05, 0) is 0 Å². The van der Waals surface area contributed by atoms with Gasteiger partial charge in [0.15, 0.2) is 0 Å². The Bertz CT molecular complexity index is 469. The number of hydrogen-bond acceptors (Lipinski definition) is 4. The number of rotatable bonds is 3. The number of aromatic carboxylic acids is 1. The zero-order valence-electron chi connectivity index (χ0n) is 7.94. The van der Waals surface area contributed by atoms with Gasteiger partial charge in [-0.15, -0.1) is 0 Å². The average molecular weight is 227 g/mol. The predicted molar refractivity (Wildman–Crippen MR) is 48.8 cm³/mol. The molecule has 1 heterocycles. The normalized spacial score (nSPS) is 10.2. The molecule has 0 aromatic carbocycles. The second kappa shape index (κ2) is 4.63. The number of carboxylic acid groups (broad SMARTS) is 1. The third kappa shape index (κ3) is 1.97. The summed E-state index contributed by atoms with van der Waals surface area (Å²) in [7, 11) is 0. The standard InChI is InChI=1S/C9H7F2N3O2/c10-8(11)5-3-14-6(2-13)4(1-12)7(5)9(15)16/h3,8H,1,12H2,(H,15,16). The van der Waals surface area contributed by atoms with Crippen molar-refractivity contribution in [1.82, 2.24) is 4.98 Å². The number of nitrogens with zero attached hydrogens (tertiary/aromatic N) is 2. The number of carbonyl (C=O) groups is 1. The highest BCUT2D eigenvalue weighted by Gasteiger charge is 2.24. The van der Waals surface area contributed by atoms with E-state index in [1.807, 2.05) is 0 Å². The molecule has 0 aliphatic rings. The van der Waals surface area contributed by atoms with Gasteiger partial charge in [0, 0.05) is 18.3 Å². The molecule has 84 valence electrons. The van der Waals surface area contributed by atoms with Crippen molar-refractivity contribution >= 4 is 5.97 Å². The molecule has 0 unspecified atom stereocenters. The van der Waals surface area contributed by atoms with Crippen molar-refractivity contribution in [3.05, 3.63) is 28.6 Å². The Hall–Kier alpha value is -2.07. The molecule has 0 saturated heterocycles. The SMILES string of the molecule is N#Cc1ncc(C(F)F)c(C(=O)O)c1CN. The van der Waals surface area contributed by atoms with E-state index in [-0.39, 0.29) is 17.8 Å². The quantitative estimate of drug-likeness (QED) is 0.803. The Balaban J connectivity index is 3.58. The first kappa shape index (κ1) is 12.0. The van der Waals surface area contributed by atoms with Gasteiger partial charge in [-0.1, -0.05) is 0 Å². The van der Waals surface area contributed by atoms with Crippen molar-refractivity contribution in [3.63, 3.8) is 0 Å². The van der Waals surface area contributed by atoms with Crippen LogP contribution in [-0.2, 0) is 6.54 Å². The van der Waals surface area contributed by atoms with Gasteiger partial charge in [0.1, 0.15) is 11.8 Å². The lowest BCUT2D eigenvalue weighted by Gasteiger charge is -2.10. The molecule has 3 N–H and O–H groups in total. The molecule has 7 heteroatoms. The summed E-state index contributed by atoms with van der Waals surface area (Å²) < 4.78 is 25.0. The third-order valence-corrected chi connectivity index (χ3v) is 1.97. The number of aromatic nitrogens is 1. The van der Waals surface area contributed by atoms with Crippen LogP contribution in [-0.4, -0.2) is 16.1 Å². The summed E-state index contributed by atoms with van der Waals surface area (Å²) >= 11 is 0. The maximum atomic E-state index is 12.5. The molecular weight excluding hydrogens is 220 g/mol. The molecule has 0 atom stereocenters. The second-order valence-electron chi connectivity index (χ2n) is 2.84. The van der Waals surface area contributed by atoms with Crippen LogP contribution >= 0.6 is 0 Å². The smallest absolute Gasteiger partial charge is 0.336 e. The average Bonchev–Trinajstić information content (AvgIpc) is 2.26. The van der Waals surface area contributed by atoms with Crippen LogP contribution in [0.1, 0.15) is 33.6 Å². The van der Waals surface area contributed by atoms with E-state index in [9.17, 15) is 13.6 Å². The van der Waals surface area contributed by atoms with Gasteiger partial charge >= 0.3 is 5.97 Å². The van der Waals surface area contributed by atoms with Crippen molar-refractivity contribution < 1.29 is 18.7 Å². The molecular formula is C9H7F2N3O2. The van der Waals surface area contributed by atoms with E-state index >= 15 is 0 Å². The molecule has 5 nitrogen and oxygen atoms in total. The first-order valence-electron chi connectivity index (χ1n) is 4.16. The minimum absolute atomic E-state index is 0.173. The van der Waals surface area contributed by atoms with Gasteiger partial charge in [-0.25, -0.2) is 18.6 Å². The number of pyridine rings is 1. The molecule has 0 fully saturated rings. The highest BCUT2D eigenvalue weighted by atomic mass is 19.3. The van der Waals surface area contributed by atoms with Gasteiger partial charge in [0.2, 0.25) is 0 Å². The van der Waals surface area contributed by atoms with Gasteiger partial charge in [-0.2, -0.15) is 5.26 Å². The van der Waals surface area contributed by atoms with Crippen LogP contribution < -0.4 is 5.73 Å². The first-order valence-corrected chi connectivity index (χ1v) is 4.16. The fourth-order valence-electron chi connectivity index (χ4n) is 1.28. The number of carboxylic acids is 1. The predicted octanol–water partition coefficient (Wildman–Crippen LogP) is 1.05. The molecule has 1 aromatic heterocycles. The number of halogens is 2. The van der Waals surface area contributed by atoms with Crippen LogP contribution in [0.3, 0.4) is 0 Å². The lowest BCUT2D eigenvalue weighted by Crippen LogP contribution is -2.14. The van der Waals surface area contributed by atoms with Gasteiger partial charge < -0.3 is 10.8 Å². The molecule has 1 rings (SSSR count). The molecule has 0 spiro atoms. The number of nitriles is 1. The molecule has 0 aliphatic heterocycles. The largest absolute Gasteiger partial charge is 0.478 e. The lowest BCUT2D eigenvalue weighted by atomic mass is 10.0. The summed E-state index contributed by atoms with van der Waals surface area (Å²) in [6.07, 6.45) is -2.29. The monoisotopic (exact) mass is 227 g/mol. The van der Waals surface area contributed by atoms with Crippen LogP contribution in [0.2, 0.25) is 0 Å². The number of alkyl halides is 2. The Morgan fingerprint density at radius 2 is 2.31 bits per heavy atom. The van der Waals surface area contributed by atoms with Crippen molar-refractivity contribution in [2.45, 2.75) is 13.0 Å². The summed E-state index contributed by atoms with van der Waals surface area (Å²) in [6.45, 7) is -0.335. The Morgan fingerprint density at radius 1 is 1.69 bits per heavy atom. The highest BCUT2D eigenvalue weighted by Crippen LogP contribution is 2.26. The van der Waals surface area contributed by atoms with Gasteiger partial charge in [-0.3, -0.25) is 0 Å². The molecule has 16 heavy (non-hydrogen) atoms. The van der Waals surface area contributed by atoms with E-state index < -0.39 is 23.5 Å². The van der Waals surface area contributed by atoms with Crippen LogP contribution in [0, 0.1) is 11.3 Å². The summed E-state index contributed by atoms with van der Waals surface area (Å²) in [5.41, 5.74) is 3.45. The number of hydrogen-bond donors (Lipinski definition) is 2. The zero-order chi connectivity index (χ0) is 12.3. The summed E-state index contributed by atoms with van der Waals surface area (Å²) in [5.74, 6) is -1.55. The van der Waals surface area contributed by atoms with Crippen LogP contribution in [0.25, 0.3) is 0 Å². The van der Waals surface area contributed by atoms with Crippen molar-refractivity contribution in [1.29, 1.82) is 5.26 Å². The summed E-state index contributed by atoms with van der Waals surface area (Å²) in [4.78, 5) is 14.3. The van der Waals surface area contributed by atoms with E-state index in [2.05, 4.69) is 4.98 Å². The topological polar surface area (TPSA) is 100 Å². The molecule has 0 radical (unpaired) electrons. The summed E-state index contributed by atoms with van der Waals surface area (Å²) in [6, 6.07) is 1.61. The molecule has 1 aromatic rings. The first-order chi connectivity index (χ1) is 7.52. The maximum absolute atomic E-state index is 12.5.